The number of anilines is 2. The van der Waals surface area contributed by atoms with E-state index in [9.17, 15) is 9.59 Å². The van der Waals surface area contributed by atoms with E-state index in [1.807, 2.05) is 0 Å². The van der Waals surface area contributed by atoms with Crippen LogP contribution in [0.1, 0.15) is 41.6 Å². The number of aromatic amines is 1. The van der Waals surface area contributed by atoms with Gasteiger partial charge in [-0.25, -0.2) is 9.24 Å². The van der Waals surface area contributed by atoms with E-state index >= 15 is 4.39 Å². The first-order chi connectivity index (χ1) is 19.3. The monoisotopic (exact) mass is 572 g/mol. The van der Waals surface area contributed by atoms with Crippen molar-refractivity contribution in [3.05, 3.63) is 94.2 Å². The number of aromatic nitrogens is 2. The first-order valence-electron chi connectivity index (χ1n) is 12.7. The maximum atomic E-state index is 15.4. The largest absolute Gasteiger partial charge is 0.348 e. The predicted octanol–water partition coefficient (Wildman–Crippen LogP) is 6.29. The minimum atomic E-state index is -0.921. The maximum Gasteiger partial charge on any atom is 0.259 e. The van der Waals surface area contributed by atoms with Gasteiger partial charge in [-0.2, -0.15) is 5.10 Å². The molecule has 2 heterocycles. The molecule has 200 valence electrons. The molecule has 2 amide bonds. The van der Waals surface area contributed by atoms with Crippen LogP contribution in [0.15, 0.2) is 60.8 Å². The van der Waals surface area contributed by atoms with Crippen LogP contribution in [0.2, 0.25) is 5.02 Å². The molecule has 0 radical (unpaired) electrons. The first-order valence-corrected chi connectivity index (χ1v) is 13.5. The van der Waals surface area contributed by atoms with Crippen LogP contribution in [-0.2, 0) is 11.3 Å². The van der Waals surface area contributed by atoms with Crippen molar-refractivity contribution in [3.63, 3.8) is 0 Å². The third-order valence-corrected chi connectivity index (χ3v) is 8.26. The Morgan fingerprint density at radius 2 is 1.93 bits per heavy atom. The zero-order valence-electron chi connectivity index (χ0n) is 21.1. The van der Waals surface area contributed by atoms with Crippen LogP contribution in [0, 0.1) is 12.4 Å². The normalized spacial score (nSPS) is 16.2. The summed E-state index contributed by atoms with van der Waals surface area (Å²) in [6, 6.07) is 14.6. The number of rotatable bonds is 5. The summed E-state index contributed by atoms with van der Waals surface area (Å²) in [7, 11) is 0. The lowest BCUT2D eigenvalue weighted by molar-refractivity contribution is -0.121. The fraction of sp³-hybridized carbons (Fsp3) is 0.207. The van der Waals surface area contributed by atoms with Crippen molar-refractivity contribution < 1.29 is 14.0 Å². The molecule has 2 fully saturated rings. The van der Waals surface area contributed by atoms with Gasteiger partial charge in [0.2, 0.25) is 5.69 Å². The summed E-state index contributed by atoms with van der Waals surface area (Å²) in [4.78, 5) is 33.1. The van der Waals surface area contributed by atoms with E-state index in [2.05, 4.69) is 20.4 Å². The van der Waals surface area contributed by atoms with E-state index in [0.29, 0.717) is 35.3 Å². The van der Waals surface area contributed by atoms with Crippen molar-refractivity contribution in [1.82, 2.24) is 15.5 Å². The second kappa shape index (κ2) is 10.0. The molecule has 1 aliphatic heterocycles. The van der Waals surface area contributed by atoms with Crippen molar-refractivity contribution in [1.29, 1.82) is 0 Å². The molecule has 1 aliphatic carbocycles. The summed E-state index contributed by atoms with van der Waals surface area (Å²) < 4.78 is 15.4. The number of thiocarbonyl (C=S) groups is 1. The Morgan fingerprint density at radius 1 is 1.15 bits per heavy atom. The fourth-order valence-corrected chi connectivity index (χ4v) is 6.25. The van der Waals surface area contributed by atoms with Gasteiger partial charge in [-0.3, -0.25) is 19.6 Å². The molecule has 0 atom stereocenters. The van der Waals surface area contributed by atoms with Gasteiger partial charge in [0.25, 0.3) is 11.8 Å². The minimum absolute atomic E-state index is 0.0130. The molecular formula is C29H22ClFN6O2S. The van der Waals surface area contributed by atoms with Crippen molar-refractivity contribution in [2.75, 3.05) is 9.80 Å². The van der Waals surface area contributed by atoms with Crippen LogP contribution in [0.25, 0.3) is 15.7 Å². The molecule has 0 unspecified atom stereocenters. The number of amides is 2. The summed E-state index contributed by atoms with van der Waals surface area (Å²) >= 11 is 12.1. The molecule has 1 saturated heterocycles. The standard InChI is InChI=1S/C29H22ClFN6O2S/c1-32-25-9-7-20(13-22(25)30)36-27(39)29(10-2-3-11-29)37(28(36)40)21-6-4-18(23(31)14-21)15-33-26(38)17-5-8-24-19(12-17)16-34-35-24/h4-9,12-14,16H,2-3,10-11,15H2,(H,33,38)(H,34,35). The smallest absolute Gasteiger partial charge is 0.259 e. The van der Waals surface area contributed by atoms with E-state index in [4.69, 9.17) is 30.4 Å². The van der Waals surface area contributed by atoms with Gasteiger partial charge in [0.1, 0.15) is 11.4 Å². The molecule has 4 aromatic rings. The quantitative estimate of drug-likeness (QED) is 0.217. The lowest BCUT2D eigenvalue weighted by atomic mass is 9.94. The first kappa shape index (κ1) is 25.9. The number of H-pyrrole nitrogens is 1. The van der Waals surface area contributed by atoms with Crippen molar-refractivity contribution >= 4 is 68.7 Å². The Morgan fingerprint density at radius 3 is 2.65 bits per heavy atom. The molecule has 0 bridgehead atoms. The van der Waals surface area contributed by atoms with Gasteiger partial charge >= 0.3 is 0 Å². The number of hydrogen-bond donors (Lipinski definition) is 2. The number of halogens is 2. The summed E-state index contributed by atoms with van der Waals surface area (Å²) in [5, 5.41) is 10.8. The second-order valence-electron chi connectivity index (χ2n) is 9.88. The van der Waals surface area contributed by atoms with E-state index in [0.717, 1.165) is 23.7 Å². The molecular weight excluding hydrogens is 551 g/mol. The van der Waals surface area contributed by atoms with E-state index < -0.39 is 11.4 Å². The zero-order valence-corrected chi connectivity index (χ0v) is 22.7. The highest BCUT2D eigenvalue weighted by atomic mass is 35.5. The zero-order chi connectivity index (χ0) is 28.0. The fourth-order valence-electron chi connectivity index (χ4n) is 5.56. The van der Waals surface area contributed by atoms with Crippen molar-refractivity contribution in [3.8, 4) is 0 Å². The third-order valence-electron chi connectivity index (χ3n) is 7.59. The summed E-state index contributed by atoms with van der Waals surface area (Å²) in [6.07, 6.45) is 4.47. The Hall–Kier alpha value is -4.33. The molecule has 1 saturated carbocycles. The molecule has 40 heavy (non-hydrogen) atoms. The Balaban J connectivity index is 1.26. The Labute approximate surface area is 239 Å². The predicted molar refractivity (Wildman–Crippen MR) is 155 cm³/mol. The molecule has 2 N–H and O–H groups in total. The van der Waals surface area contributed by atoms with Crippen LogP contribution < -0.4 is 15.1 Å². The average Bonchev–Trinajstić information content (AvgIpc) is 3.67. The highest BCUT2D eigenvalue weighted by molar-refractivity contribution is 7.81. The average molecular weight is 573 g/mol. The van der Waals surface area contributed by atoms with Gasteiger partial charge in [0.15, 0.2) is 5.11 Å². The summed E-state index contributed by atoms with van der Waals surface area (Å²) in [6.45, 7) is 7.23. The highest BCUT2D eigenvalue weighted by Gasteiger charge is 2.57. The summed E-state index contributed by atoms with van der Waals surface area (Å²) in [5.41, 5.74) is 1.85. The lowest BCUT2D eigenvalue weighted by Gasteiger charge is -2.32. The summed E-state index contributed by atoms with van der Waals surface area (Å²) in [5.74, 6) is -1.04. The topological polar surface area (TPSA) is 85.7 Å². The van der Waals surface area contributed by atoms with E-state index in [-0.39, 0.29) is 34.2 Å². The van der Waals surface area contributed by atoms with Crippen molar-refractivity contribution in [2.45, 2.75) is 37.8 Å². The molecule has 2 aliphatic rings. The van der Waals surface area contributed by atoms with Gasteiger partial charge in [0.05, 0.1) is 24.0 Å². The number of nitrogens with one attached hydrogen (secondary N) is 2. The number of benzene rings is 3. The number of fused-ring (bicyclic) bond motifs is 1. The Bertz CT molecular complexity index is 1740. The van der Waals surface area contributed by atoms with Crippen LogP contribution in [-0.4, -0.2) is 32.7 Å². The lowest BCUT2D eigenvalue weighted by Crippen LogP contribution is -2.47. The van der Waals surface area contributed by atoms with Crippen molar-refractivity contribution in [2.24, 2.45) is 0 Å². The highest BCUT2D eigenvalue weighted by Crippen LogP contribution is 2.46. The molecule has 3 aromatic carbocycles. The number of carbonyl (C=O) groups excluding carboxylic acids is 2. The molecule has 8 nitrogen and oxygen atoms in total. The minimum Gasteiger partial charge on any atom is -0.348 e. The van der Waals surface area contributed by atoms with Gasteiger partial charge in [0, 0.05) is 33.8 Å². The Kier molecular flexibility index (Phi) is 6.49. The SMILES string of the molecule is [C-]#[N+]c1ccc(N2C(=O)C3(CCCC3)N(c3ccc(CNC(=O)c4ccc5[nH]ncc5c4)c(F)c3)C2=S)cc1Cl. The van der Waals surface area contributed by atoms with Gasteiger partial charge < -0.3 is 10.2 Å². The maximum absolute atomic E-state index is 15.4. The van der Waals surface area contributed by atoms with Crippen LogP contribution in [0.4, 0.5) is 21.5 Å². The molecule has 1 aromatic heterocycles. The van der Waals surface area contributed by atoms with Crippen LogP contribution in [0.3, 0.4) is 0 Å². The van der Waals surface area contributed by atoms with E-state index in [1.54, 1.807) is 59.6 Å². The molecule has 1 spiro atoms. The van der Waals surface area contributed by atoms with Gasteiger partial charge in [-0.1, -0.05) is 36.6 Å². The second-order valence-corrected chi connectivity index (χ2v) is 10.6. The number of hydrogen-bond acceptors (Lipinski definition) is 4. The molecule has 6 rings (SSSR count). The van der Waals surface area contributed by atoms with E-state index in [1.165, 1.54) is 11.0 Å². The number of nitrogens with zero attached hydrogens (tertiary/aromatic N) is 4. The number of carbonyl (C=O) groups is 2. The van der Waals surface area contributed by atoms with Gasteiger partial charge in [-0.05, 0) is 67.5 Å². The van der Waals surface area contributed by atoms with Crippen LogP contribution >= 0.6 is 23.8 Å². The van der Waals surface area contributed by atoms with Gasteiger partial charge in [-0.15, -0.1) is 0 Å². The third kappa shape index (κ3) is 4.18. The molecule has 11 heteroatoms. The van der Waals surface area contributed by atoms with Crippen LogP contribution in [0.5, 0.6) is 0 Å².